The number of carbonyl (C=O) groups excluding carboxylic acids is 1. The number of carbonyl (C=O) groups is 1. The fourth-order valence-corrected chi connectivity index (χ4v) is 3.45. The van der Waals surface area contributed by atoms with E-state index < -0.39 is 11.5 Å². The molecule has 1 amide bonds. The first-order valence-corrected chi connectivity index (χ1v) is 10.1. The second-order valence-corrected chi connectivity index (χ2v) is 6.99. The molecule has 0 radical (unpaired) electrons. The zero-order chi connectivity index (χ0) is 21.6. The molecule has 1 N–H and O–H groups in total. The second kappa shape index (κ2) is 9.17. The van der Waals surface area contributed by atoms with Gasteiger partial charge >= 0.3 is 0 Å². The van der Waals surface area contributed by atoms with Crippen LogP contribution in [0.3, 0.4) is 0 Å². The Morgan fingerprint density at radius 3 is 2.13 bits per heavy atom. The first kappa shape index (κ1) is 20.2. The molecule has 154 valence electrons. The highest BCUT2D eigenvalue weighted by atomic mass is 16.2. The van der Waals surface area contributed by atoms with E-state index in [0.717, 1.165) is 16.7 Å². The van der Waals surface area contributed by atoms with E-state index in [9.17, 15) is 9.59 Å². The number of nitrogens with zero attached hydrogens (tertiary/aromatic N) is 3. The maximum absolute atomic E-state index is 13.3. The third kappa shape index (κ3) is 4.28. The van der Waals surface area contributed by atoms with Crippen molar-refractivity contribution in [3.63, 3.8) is 0 Å². The molecule has 0 saturated carbocycles. The summed E-state index contributed by atoms with van der Waals surface area (Å²) in [6.45, 7) is 2.49. The van der Waals surface area contributed by atoms with E-state index in [2.05, 4.69) is 15.4 Å². The summed E-state index contributed by atoms with van der Waals surface area (Å²) in [6.07, 6.45) is 3.34. The third-order valence-electron chi connectivity index (χ3n) is 4.99. The van der Waals surface area contributed by atoms with Gasteiger partial charge in [-0.05, 0) is 30.2 Å². The molecule has 31 heavy (non-hydrogen) atoms. The van der Waals surface area contributed by atoms with Gasteiger partial charge in [0, 0.05) is 36.6 Å². The predicted octanol–water partition coefficient (Wildman–Crippen LogP) is 3.92. The van der Waals surface area contributed by atoms with Crippen LogP contribution in [0.2, 0.25) is 0 Å². The number of amides is 1. The number of pyridine rings is 1. The van der Waals surface area contributed by atoms with E-state index in [-0.39, 0.29) is 5.56 Å². The van der Waals surface area contributed by atoms with E-state index in [1.807, 2.05) is 79.7 Å². The number of hydrogen-bond acceptors (Lipinski definition) is 4. The Morgan fingerprint density at radius 2 is 1.52 bits per heavy atom. The minimum atomic E-state index is -0.428. The van der Waals surface area contributed by atoms with Gasteiger partial charge in [-0.15, -0.1) is 0 Å². The molecule has 0 saturated heterocycles. The molecule has 4 rings (SSSR count). The quantitative estimate of drug-likeness (QED) is 0.523. The lowest BCUT2D eigenvalue weighted by Gasteiger charge is -2.17. The maximum Gasteiger partial charge on any atom is 0.280 e. The Bertz CT molecular complexity index is 1240. The molecule has 4 aromatic rings. The highest BCUT2D eigenvalue weighted by Crippen LogP contribution is 2.32. The molecule has 2 aromatic heterocycles. The molecule has 0 spiro atoms. The van der Waals surface area contributed by atoms with Crippen molar-refractivity contribution >= 4 is 5.91 Å². The van der Waals surface area contributed by atoms with Gasteiger partial charge in [0.1, 0.15) is 5.56 Å². The van der Waals surface area contributed by atoms with Crippen LogP contribution < -0.4 is 10.9 Å². The van der Waals surface area contributed by atoms with Crippen molar-refractivity contribution in [3.8, 4) is 22.4 Å². The Hall–Kier alpha value is -4.06. The molecular formula is C25H22N4O2. The Balaban J connectivity index is 1.90. The van der Waals surface area contributed by atoms with E-state index in [4.69, 9.17) is 0 Å². The van der Waals surface area contributed by atoms with Gasteiger partial charge in [-0.3, -0.25) is 14.6 Å². The van der Waals surface area contributed by atoms with Crippen molar-refractivity contribution in [2.45, 2.75) is 20.0 Å². The van der Waals surface area contributed by atoms with Crippen LogP contribution in [0.25, 0.3) is 22.4 Å². The minimum Gasteiger partial charge on any atom is -0.348 e. The number of aromatic nitrogens is 3. The summed E-state index contributed by atoms with van der Waals surface area (Å²) in [5.41, 5.74) is 3.33. The van der Waals surface area contributed by atoms with Gasteiger partial charge in [0.25, 0.3) is 11.5 Å². The van der Waals surface area contributed by atoms with Crippen LogP contribution in [-0.2, 0) is 13.1 Å². The molecule has 6 heteroatoms. The number of nitrogens with one attached hydrogen (secondary N) is 1. The fourth-order valence-electron chi connectivity index (χ4n) is 3.45. The largest absolute Gasteiger partial charge is 0.348 e. The lowest BCUT2D eigenvalue weighted by molar-refractivity contribution is 0.0949. The standard InChI is InChI=1S/C25H22N4O2/c1-2-29-25(31)22(24(30)27-17-18-13-15-26-16-14-18)21(19-9-5-3-6-10-19)23(28-29)20-11-7-4-8-12-20/h3-16H,2,17H2,1H3,(H,27,30). The molecule has 6 nitrogen and oxygen atoms in total. The Kier molecular flexibility index (Phi) is 5.98. The summed E-state index contributed by atoms with van der Waals surface area (Å²) >= 11 is 0. The van der Waals surface area contributed by atoms with Crippen molar-refractivity contribution in [2.75, 3.05) is 0 Å². The Labute approximate surface area is 180 Å². The average molecular weight is 410 g/mol. The molecular weight excluding hydrogens is 388 g/mol. The maximum atomic E-state index is 13.3. The van der Waals surface area contributed by atoms with E-state index in [0.29, 0.717) is 24.3 Å². The first-order chi connectivity index (χ1) is 15.2. The minimum absolute atomic E-state index is 0.0935. The molecule has 0 aliphatic heterocycles. The highest BCUT2D eigenvalue weighted by Gasteiger charge is 2.24. The monoisotopic (exact) mass is 410 g/mol. The first-order valence-electron chi connectivity index (χ1n) is 10.1. The fraction of sp³-hybridized carbons (Fsp3) is 0.120. The van der Waals surface area contributed by atoms with Gasteiger partial charge in [-0.25, -0.2) is 4.68 Å². The van der Waals surface area contributed by atoms with Crippen LogP contribution in [0, 0.1) is 0 Å². The van der Waals surface area contributed by atoms with Crippen molar-refractivity contribution in [2.24, 2.45) is 0 Å². The molecule has 2 heterocycles. The van der Waals surface area contributed by atoms with Crippen molar-refractivity contribution in [1.29, 1.82) is 0 Å². The van der Waals surface area contributed by atoms with Gasteiger partial charge in [-0.1, -0.05) is 60.7 Å². The van der Waals surface area contributed by atoms with Crippen LogP contribution in [0.5, 0.6) is 0 Å². The van der Waals surface area contributed by atoms with Gasteiger partial charge in [0.05, 0.1) is 5.69 Å². The van der Waals surface area contributed by atoms with Crippen molar-refractivity contribution in [1.82, 2.24) is 20.1 Å². The molecule has 0 aliphatic carbocycles. The number of hydrogen-bond donors (Lipinski definition) is 1. The summed E-state index contributed by atoms with van der Waals surface area (Å²) in [4.78, 5) is 30.6. The molecule has 0 atom stereocenters. The predicted molar refractivity (Wildman–Crippen MR) is 120 cm³/mol. The highest BCUT2D eigenvalue weighted by molar-refractivity contribution is 6.03. The smallest absolute Gasteiger partial charge is 0.280 e. The normalized spacial score (nSPS) is 10.6. The lowest BCUT2D eigenvalue weighted by atomic mass is 9.95. The van der Waals surface area contributed by atoms with Crippen LogP contribution in [0.15, 0.2) is 90.0 Å². The third-order valence-corrected chi connectivity index (χ3v) is 4.99. The van der Waals surface area contributed by atoms with Crippen LogP contribution in [0.4, 0.5) is 0 Å². The van der Waals surface area contributed by atoms with Crippen LogP contribution >= 0.6 is 0 Å². The zero-order valence-corrected chi connectivity index (χ0v) is 17.2. The molecule has 0 fully saturated rings. The molecule has 0 unspecified atom stereocenters. The van der Waals surface area contributed by atoms with Crippen molar-refractivity contribution < 1.29 is 4.79 Å². The second-order valence-electron chi connectivity index (χ2n) is 6.99. The summed E-state index contributed by atoms with van der Waals surface area (Å²) in [5, 5.41) is 7.50. The average Bonchev–Trinajstić information content (AvgIpc) is 2.84. The van der Waals surface area contributed by atoms with E-state index in [1.54, 1.807) is 12.4 Å². The van der Waals surface area contributed by atoms with Gasteiger partial charge in [0.15, 0.2) is 0 Å². The zero-order valence-electron chi connectivity index (χ0n) is 17.2. The summed E-state index contributed by atoms with van der Waals surface area (Å²) in [7, 11) is 0. The van der Waals surface area contributed by atoms with Crippen LogP contribution in [-0.4, -0.2) is 20.7 Å². The summed E-state index contributed by atoms with van der Waals surface area (Å²) in [6, 6.07) is 22.7. The lowest BCUT2D eigenvalue weighted by Crippen LogP contribution is -2.35. The summed E-state index contributed by atoms with van der Waals surface area (Å²) in [5.74, 6) is -0.428. The molecule has 2 aromatic carbocycles. The molecule has 0 bridgehead atoms. The van der Waals surface area contributed by atoms with Gasteiger partial charge in [0.2, 0.25) is 0 Å². The number of aryl methyl sites for hydroxylation is 1. The number of benzene rings is 2. The number of rotatable bonds is 6. The summed E-state index contributed by atoms with van der Waals surface area (Å²) < 4.78 is 1.34. The van der Waals surface area contributed by atoms with Crippen LogP contribution in [0.1, 0.15) is 22.8 Å². The van der Waals surface area contributed by atoms with E-state index in [1.165, 1.54) is 4.68 Å². The SMILES string of the molecule is CCn1nc(-c2ccccc2)c(-c2ccccc2)c(C(=O)NCc2ccncc2)c1=O. The molecule has 0 aliphatic rings. The Morgan fingerprint density at radius 1 is 0.903 bits per heavy atom. The van der Waals surface area contributed by atoms with E-state index >= 15 is 0 Å². The van der Waals surface area contributed by atoms with Crippen molar-refractivity contribution in [3.05, 3.63) is 107 Å². The van der Waals surface area contributed by atoms with Gasteiger partial charge in [-0.2, -0.15) is 5.10 Å². The topological polar surface area (TPSA) is 76.9 Å². The van der Waals surface area contributed by atoms with Gasteiger partial charge < -0.3 is 5.32 Å².